The summed E-state index contributed by atoms with van der Waals surface area (Å²) in [5.74, 6) is 0.0918. The Morgan fingerprint density at radius 2 is 1.83 bits per heavy atom. The molecule has 10 heteroatoms. The summed E-state index contributed by atoms with van der Waals surface area (Å²) in [6, 6.07) is 17.1. The Kier molecular flexibility index (Phi) is 7.30. The minimum Gasteiger partial charge on any atom is -0.379 e. The third-order valence-corrected chi connectivity index (χ3v) is 8.54. The van der Waals surface area contributed by atoms with E-state index in [-0.39, 0.29) is 30.8 Å². The number of hydrogen-bond donors (Lipinski definition) is 2. The highest BCUT2D eigenvalue weighted by Crippen LogP contribution is 2.47. The number of nitrogens with one attached hydrogen (secondary N) is 2. The van der Waals surface area contributed by atoms with Crippen molar-refractivity contribution in [3.63, 3.8) is 0 Å². The number of amides is 3. The molecule has 42 heavy (non-hydrogen) atoms. The van der Waals surface area contributed by atoms with Crippen LogP contribution in [-0.2, 0) is 53.4 Å². The van der Waals surface area contributed by atoms with Crippen molar-refractivity contribution < 1.29 is 28.6 Å². The third-order valence-electron chi connectivity index (χ3n) is 8.54. The maximum absolute atomic E-state index is 13.6. The molecule has 1 aliphatic carbocycles. The topological polar surface area (TPSA) is 119 Å². The van der Waals surface area contributed by atoms with Gasteiger partial charge in [0.15, 0.2) is 6.29 Å². The van der Waals surface area contributed by atoms with E-state index in [9.17, 15) is 14.4 Å². The van der Waals surface area contributed by atoms with E-state index in [0.717, 1.165) is 27.8 Å². The van der Waals surface area contributed by atoms with Crippen LogP contribution in [-0.4, -0.2) is 61.6 Å². The smallest absolute Gasteiger partial charge is 0.244 e. The summed E-state index contributed by atoms with van der Waals surface area (Å²) in [7, 11) is 3.11. The van der Waals surface area contributed by atoms with Crippen LogP contribution in [0.3, 0.4) is 0 Å². The van der Waals surface area contributed by atoms with Gasteiger partial charge in [-0.25, -0.2) is 4.98 Å². The fourth-order valence-corrected chi connectivity index (χ4v) is 6.30. The van der Waals surface area contributed by atoms with Gasteiger partial charge in [0, 0.05) is 43.8 Å². The fraction of sp³-hybridized carbons (Fsp3) is 0.375. The maximum atomic E-state index is 13.6. The Hall–Kier alpha value is -4.12. The molecule has 1 atom stereocenters. The number of aromatic nitrogens is 1. The minimum absolute atomic E-state index is 0.0509. The van der Waals surface area contributed by atoms with E-state index in [1.54, 1.807) is 25.3 Å². The third kappa shape index (κ3) is 4.85. The van der Waals surface area contributed by atoms with E-state index < -0.39 is 17.1 Å². The standard InChI is InChI=1S/C32H34N4O6/c1-31(18-42-19-31)30(39)36(16-21-7-4-5-8-24(21)28(40-2)41-3)17-26(37)34-23-11-10-20-14-32(15-22(20)13-23)25-9-6-12-33-27(25)35-29(32)38/h4-13,28H,14-19H2,1-3H3,(H,34,37)(H,33,35,38). The highest BCUT2D eigenvalue weighted by Gasteiger charge is 2.51. The average Bonchev–Trinajstić information content (AvgIpc) is 3.49. The Bertz CT molecular complexity index is 1550. The number of carbonyl (C=O) groups excluding carboxylic acids is 3. The van der Waals surface area contributed by atoms with Gasteiger partial charge >= 0.3 is 0 Å². The molecule has 2 aliphatic heterocycles. The summed E-state index contributed by atoms with van der Waals surface area (Å²) in [5, 5.41) is 5.89. The lowest BCUT2D eigenvalue weighted by atomic mass is 9.79. The molecular formula is C32H34N4O6. The van der Waals surface area contributed by atoms with Crippen molar-refractivity contribution in [3.05, 3.63) is 88.6 Å². The quantitative estimate of drug-likeness (QED) is 0.379. The molecule has 218 valence electrons. The van der Waals surface area contributed by atoms with Gasteiger partial charge in [-0.3, -0.25) is 14.4 Å². The molecule has 3 heterocycles. The predicted octanol–water partition coefficient (Wildman–Crippen LogP) is 3.37. The fourth-order valence-electron chi connectivity index (χ4n) is 6.30. The molecule has 6 rings (SSSR count). The highest BCUT2D eigenvalue weighted by molar-refractivity contribution is 6.06. The van der Waals surface area contributed by atoms with Crippen LogP contribution < -0.4 is 10.6 Å². The van der Waals surface area contributed by atoms with Crippen molar-refractivity contribution >= 4 is 29.2 Å². The second kappa shape index (κ2) is 10.9. The molecule has 2 N–H and O–H groups in total. The van der Waals surface area contributed by atoms with Crippen LogP contribution in [0.4, 0.5) is 11.5 Å². The lowest BCUT2D eigenvalue weighted by Gasteiger charge is -2.40. The molecule has 1 unspecified atom stereocenters. The van der Waals surface area contributed by atoms with Crippen LogP contribution in [0.5, 0.6) is 0 Å². The summed E-state index contributed by atoms with van der Waals surface area (Å²) in [6.07, 6.45) is 2.17. The zero-order chi connectivity index (χ0) is 29.5. The number of hydrogen-bond acceptors (Lipinski definition) is 7. The summed E-state index contributed by atoms with van der Waals surface area (Å²) in [6.45, 7) is 2.53. The number of carbonyl (C=O) groups is 3. The van der Waals surface area contributed by atoms with E-state index in [4.69, 9.17) is 14.2 Å². The van der Waals surface area contributed by atoms with Gasteiger partial charge < -0.3 is 29.7 Å². The van der Waals surface area contributed by atoms with Gasteiger partial charge in [0.05, 0.1) is 24.0 Å². The van der Waals surface area contributed by atoms with Crippen molar-refractivity contribution in [2.75, 3.05) is 44.6 Å². The van der Waals surface area contributed by atoms with E-state index in [1.165, 1.54) is 0 Å². The first kappa shape index (κ1) is 28.0. The van der Waals surface area contributed by atoms with Gasteiger partial charge in [0.25, 0.3) is 0 Å². The first-order valence-electron chi connectivity index (χ1n) is 14.0. The molecular weight excluding hydrogens is 536 g/mol. The number of anilines is 2. The summed E-state index contributed by atoms with van der Waals surface area (Å²) in [5.41, 5.74) is 3.83. The van der Waals surface area contributed by atoms with Crippen molar-refractivity contribution in [3.8, 4) is 0 Å². The molecule has 0 saturated carbocycles. The molecule has 0 bridgehead atoms. The van der Waals surface area contributed by atoms with Crippen LogP contribution in [0.2, 0.25) is 0 Å². The van der Waals surface area contributed by atoms with Crippen LogP contribution >= 0.6 is 0 Å². The van der Waals surface area contributed by atoms with Gasteiger partial charge in [0.2, 0.25) is 17.7 Å². The van der Waals surface area contributed by atoms with Crippen molar-refractivity contribution in [2.24, 2.45) is 5.41 Å². The second-order valence-electron chi connectivity index (χ2n) is 11.5. The number of methoxy groups -OCH3 is 2. The Labute approximate surface area is 244 Å². The largest absolute Gasteiger partial charge is 0.379 e. The van der Waals surface area contributed by atoms with Crippen molar-refractivity contribution in [2.45, 2.75) is 38.0 Å². The van der Waals surface area contributed by atoms with E-state index in [2.05, 4.69) is 15.6 Å². The first-order chi connectivity index (χ1) is 20.3. The molecule has 1 saturated heterocycles. The zero-order valence-electron chi connectivity index (χ0n) is 23.9. The molecule has 10 nitrogen and oxygen atoms in total. The molecule has 3 amide bonds. The molecule has 3 aliphatic rings. The predicted molar refractivity (Wildman–Crippen MR) is 155 cm³/mol. The molecule has 2 aromatic carbocycles. The second-order valence-corrected chi connectivity index (χ2v) is 11.5. The lowest BCUT2D eigenvalue weighted by molar-refractivity contribution is -0.170. The van der Waals surface area contributed by atoms with Crippen LogP contribution in [0.1, 0.15) is 41.0 Å². The lowest BCUT2D eigenvalue weighted by Crippen LogP contribution is -2.54. The summed E-state index contributed by atoms with van der Waals surface area (Å²) in [4.78, 5) is 46.0. The Morgan fingerprint density at radius 3 is 2.57 bits per heavy atom. The van der Waals surface area contributed by atoms with Crippen LogP contribution in [0.15, 0.2) is 60.8 Å². The van der Waals surface area contributed by atoms with Gasteiger partial charge in [-0.15, -0.1) is 0 Å². The first-order valence-corrected chi connectivity index (χ1v) is 14.0. The molecule has 0 radical (unpaired) electrons. The zero-order valence-corrected chi connectivity index (χ0v) is 23.9. The van der Waals surface area contributed by atoms with E-state index >= 15 is 0 Å². The Balaban J connectivity index is 1.20. The van der Waals surface area contributed by atoms with Crippen LogP contribution in [0, 0.1) is 5.41 Å². The Morgan fingerprint density at radius 1 is 1.07 bits per heavy atom. The van der Waals surface area contributed by atoms with Gasteiger partial charge in [0.1, 0.15) is 12.4 Å². The van der Waals surface area contributed by atoms with Crippen LogP contribution in [0.25, 0.3) is 0 Å². The molecule has 1 fully saturated rings. The highest BCUT2D eigenvalue weighted by atomic mass is 16.7. The van der Waals surface area contributed by atoms with Crippen molar-refractivity contribution in [1.82, 2.24) is 9.88 Å². The normalized spacial score (nSPS) is 19.7. The molecule has 3 aromatic rings. The average molecular weight is 571 g/mol. The number of nitrogens with zero attached hydrogens (tertiary/aromatic N) is 2. The number of fused-ring (bicyclic) bond motifs is 3. The van der Waals surface area contributed by atoms with E-state index in [1.807, 2.05) is 61.5 Å². The van der Waals surface area contributed by atoms with Gasteiger partial charge in [-0.05, 0) is 54.7 Å². The molecule has 1 aromatic heterocycles. The SMILES string of the molecule is COC(OC)c1ccccc1CN(CC(=O)Nc1ccc2c(c1)CC1(C2)C(=O)Nc2ncccc21)C(=O)C1(C)COC1. The molecule has 1 spiro atoms. The maximum Gasteiger partial charge on any atom is 0.244 e. The van der Waals surface area contributed by atoms with E-state index in [0.29, 0.717) is 37.6 Å². The minimum atomic E-state index is -0.688. The summed E-state index contributed by atoms with van der Waals surface area (Å²) < 4.78 is 16.3. The number of pyridine rings is 1. The monoisotopic (exact) mass is 570 g/mol. The number of ether oxygens (including phenoxy) is 3. The van der Waals surface area contributed by atoms with Gasteiger partial charge in [-0.2, -0.15) is 0 Å². The van der Waals surface area contributed by atoms with Gasteiger partial charge in [-0.1, -0.05) is 36.4 Å². The summed E-state index contributed by atoms with van der Waals surface area (Å²) >= 11 is 0. The number of rotatable bonds is 9. The number of benzene rings is 2. The van der Waals surface area contributed by atoms with Crippen molar-refractivity contribution in [1.29, 1.82) is 0 Å².